The molecule has 5 nitrogen and oxygen atoms in total. The number of carbonyl (C=O) groups is 2. The minimum Gasteiger partial charge on any atom is -0.349 e. The summed E-state index contributed by atoms with van der Waals surface area (Å²) < 4.78 is 0. The molecule has 0 aromatic heterocycles. The van der Waals surface area contributed by atoms with Crippen molar-refractivity contribution in [3.05, 3.63) is 0 Å². The van der Waals surface area contributed by atoms with Crippen LogP contribution in [0.5, 0.6) is 0 Å². The lowest BCUT2D eigenvalue weighted by Gasteiger charge is -2.35. The first-order valence-corrected chi connectivity index (χ1v) is 6.76. The van der Waals surface area contributed by atoms with E-state index in [1.54, 1.807) is 19.0 Å². The summed E-state index contributed by atoms with van der Waals surface area (Å²) in [5.41, 5.74) is 0. The molecule has 0 bridgehead atoms. The Labute approximate surface area is 110 Å². The second-order valence-corrected chi connectivity index (χ2v) is 4.95. The molecule has 1 fully saturated rings. The fourth-order valence-electron chi connectivity index (χ4n) is 2.38. The zero-order chi connectivity index (χ0) is 13.7. The van der Waals surface area contributed by atoms with Gasteiger partial charge in [-0.15, -0.1) is 0 Å². The van der Waals surface area contributed by atoms with Crippen molar-refractivity contribution in [2.45, 2.75) is 26.7 Å². The van der Waals surface area contributed by atoms with E-state index in [2.05, 4.69) is 0 Å². The normalized spacial score (nSPS) is 16.6. The monoisotopic (exact) mass is 255 g/mol. The summed E-state index contributed by atoms with van der Waals surface area (Å²) in [6.07, 6.45) is 1.56. The van der Waals surface area contributed by atoms with E-state index in [9.17, 15) is 9.59 Å². The Morgan fingerprint density at radius 1 is 1.11 bits per heavy atom. The maximum atomic E-state index is 12.1. The molecule has 0 unspecified atom stereocenters. The van der Waals surface area contributed by atoms with Gasteiger partial charge in [-0.3, -0.25) is 4.79 Å². The second-order valence-electron chi connectivity index (χ2n) is 4.95. The Morgan fingerprint density at radius 3 is 2.00 bits per heavy atom. The summed E-state index contributed by atoms with van der Waals surface area (Å²) >= 11 is 0. The number of nitrogens with zero attached hydrogens (tertiary/aromatic N) is 3. The third kappa shape index (κ3) is 3.37. The molecule has 104 valence electrons. The molecule has 1 heterocycles. The Balaban J connectivity index is 2.49. The van der Waals surface area contributed by atoms with Gasteiger partial charge in [0, 0.05) is 46.2 Å². The van der Waals surface area contributed by atoms with Crippen LogP contribution in [0.4, 0.5) is 4.79 Å². The first-order chi connectivity index (χ1) is 8.51. The highest BCUT2D eigenvalue weighted by Crippen LogP contribution is 2.19. The highest BCUT2D eigenvalue weighted by Gasteiger charge is 2.29. The molecule has 1 aliphatic heterocycles. The van der Waals surface area contributed by atoms with Crippen molar-refractivity contribution in [2.75, 3.05) is 40.3 Å². The van der Waals surface area contributed by atoms with Crippen LogP contribution in [-0.2, 0) is 4.79 Å². The second kappa shape index (κ2) is 6.61. The van der Waals surface area contributed by atoms with E-state index in [4.69, 9.17) is 0 Å². The highest BCUT2D eigenvalue weighted by molar-refractivity contribution is 5.79. The topological polar surface area (TPSA) is 43.9 Å². The van der Waals surface area contributed by atoms with Gasteiger partial charge in [-0.2, -0.15) is 0 Å². The third-order valence-corrected chi connectivity index (χ3v) is 3.59. The van der Waals surface area contributed by atoms with Crippen LogP contribution in [0, 0.1) is 5.92 Å². The Morgan fingerprint density at radius 2 is 1.61 bits per heavy atom. The summed E-state index contributed by atoms with van der Waals surface area (Å²) in [6, 6.07) is 0.107. The minimum atomic E-state index is 0.0840. The van der Waals surface area contributed by atoms with Crippen molar-refractivity contribution in [3.63, 3.8) is 0 Å². The van der Waals surface area contributed by atoms with Crippen LogP contribution in [0.2, 0.25) is 0 Å². The van der Waals surface area contributed by atoms with Crippen LogP contribution < -0.4 is 0 Å². The Hall–Kier alpha value is -1.26. The van der Waals surface area contributed by atoms with Gasteiger partial charge < -0.3 is 14.7 Å². The molecule has 18 heavy (non-hydrogen) atoms. The number of likely N-dealkylation sites (tertiary alicyclic amines) is 1. The van der Waals surface area contributed by atoms with Gasteiger partial charge in [0.2, 0.25) is 5.91 Å². The van der Waals surface area contributed by atoms with E-state index in [0.717, 1.165) is 25.9 Å². The lowest BCUT2D eigenvalue weighted by atomic mass is 9.96. The van der Waals surface area contributed by atoms with Crippen LogP contribution in [0.15, 0.2) is 0 Å². The van der Waals surface area contributed by atoms with Crippen LogP contribution in [-0.4, -0.2) is 66.9 Å². The standard InChI is InChI=1S/C13H25N3O2/c1-5-15(6-2)13(18)16-9-7-11(8-10-16)12(17)14(3)4/h11H,5-10H2,1-4H3. The molecule has 0 aliphatic carbocycles. The number of piperidine rings is 1. The molecule has 0 aromatic carbocycles. The van der Waals surface area contributed by atoms with Gasteiger partial charge in [0.15, 0.2) is 0 Å². The molecule has 3 amide bonds. The summed E-state index contributed by atoms with van der Waals surface area (Å²) in [7, 11) is 3.57. The molecule has 1 aliphatic rings. The predicted octanol–water partition coefficient (Wildman–Crippen LogP) is 1.25. The SMILES string of the molecule is CCN(CC)C(=O)N1CCC(C(=O)N(C)C)CC1. The van der Waals surface area contributed by atoms with Gasteiger partial charge in [0.1, 0.15) is 0 Å². The first kappa shape index (κ1) is 14.8. The summed E-state index contributed by atoms with van der Waals surface area (Å²) in [5.74, 6) is 0.269. The number of hydrogen-bond donors (Lipinski definition) is 0. The number of carbonyl (C=O) groups excluding carboxylic acids is 2. The third-order valence-electron chi connectivity index (χ3n) is 3.59. The zero-order valence-electron chi connectivity index (χ0n) is 12.0. The van der Waals surface area contributed by atoms with Crippen LogP contribution >= 0.6 is 0 Å². The van der Waals surface area contributed by atoms with Crippen LogP contribution in [0.25, 0.3) is 0 Å². The number of urea groups is 1. The van der Waals surface area contributed by atoms with Gasteiger partial charge in [0.05, 0.1) is 0 Å². The number of amides is 3. The van der Waals surface area contributed by atoms with Gasteiger partial charge in [0.25, 0.3) is 0 Å². The van der Waals surface area contributed by atoms with E-state index in [1.165, 1.54) is 0 Å². The average Bonchev–Trinajstić information content (AvgIpc) is 2.39. The van der Waals surface area contributed by atoms with E-state index in [1.807, 2.05) is 23.6 Å². The fraction of sp³-hybridized carbons (Fsp3) is 0.846. The molecule has 0 saturated carbocycles. The van der Waals surface area contributed by atoms with Crippen LogP contribution in [0.3, 0.4) is 0 Å². The van der Waals surface area contributed by atoms with Gasteiger partial charge in [-0.1, -0.05) is 0 Å². The Kier molecular flexibility index (Phi) is 5.44. The summed E-state index contributed by atoms with van der Waals surface area (Å²) in [4.78, 5) is 29.3. The van der Waals surface area contributed by atoms with Gasteiger partial charge in [-0.05, 0) is 26.7 Å². The van der Waals surface area contributed by atoms with Crippen molar-refractivity contribution >= 4 is 11.9 Å². The quantitative estimate of drug-likeness (QED) is 0.762. The molecule has 0 aromatic rings. The minimum absolute atomic E-state index is 0.0840. The van der Waals surface area contributed by atoms with Crippen molar-refractivity contribution in [2.24, 2.45) is 5.92 Å². The zero-order valence-corrected chi connectivity index (χ0v) is 12.0. The van der Waals surface area contributed by atoms with Crippen molar-refractivity contribution in [1.82, 2.24) is 14.7 Å². The first-order valence-electron chi connectivity index (χ1n) is 6.76. The molecular weight excluding hydrogens is 230 g/mol. The van der Waals surface area contributed by atoms with Crippen molar-refractivity contribution in [3.8, 4) is 0 Å². The number of hydrogen-bond acceptors (Lipinski definition) is 2. The molecular formula is C13H25N3O2. The van der Waals surface area contributed by atoms with E-state index >= 15 is 0 Å². The molecule has 1 rings (SSSR count). The van der Waals surface area contributed by atoms with Gasteiger partial charge >= 0.3 is 6.03 Å². The van der Waals surface area contributed by atoms with Crippen molar-refractivity contribution < 1.29 is 9.59 Å². The van der Waals surface area contributed by atoms with E-state index in [-0.39, 0.29) is 17.9 Å². The number of rotatable bonds is 3. The molecule has 5 heteroatoms. The maximum Gasteiger partial charge on any atom is 0.319 e. The molecule has 0 atom stereocenters. The van der Waals surface area contributed by atoms with E-state index < -0.39 is 0 Å². The Bertz CT molecular complexity index is 293. The molecule has 0 radical (unpaired) electrons. The lowest BCUT2D eigenvalue weighted by Crippen LogP contribution is -2.48. The van der Waals surface area contributed by atoms with E-state index in [0.29, 0.717) is 13.1 Å². The molecule has 1 saturated heterocycles. The average molecular weight is 255 g/mol. The van der Waals surface area contributed by atoms with Crippen LogP contribution in [0.1, 0.15) is 26.7 Å². The highest BCUT2D eigenvalue weighted by atomic mass is 16.2. The summed E-state index contributed by atoms with van der Waals surface area (Å²) in [5, 5.41) is 0. The maximum absolute atomic E-state index is 12.1. The lowest BCUT2D eigenvalue weighted by molar-refractivity contribution is -0.134. The summed E-state index contributed by atoms with van der Waals surface area (Å²) in [6.45, 7) is 6.85. The predicted molar refractivity (Wildman–Crippen MR) is 71.3 cm³/mol. The molecule has 0 N–H and O–H groups in total. The molecule has 0 spiro atoms. The van der Waals surface area contributed by atoms with Crippen molar-refractivity contribution in [1.29, 1.82) is 0 Å². The largest absolute Gasteiger partial charge is 0.349 e. The fourth-order valence-corrected chi connectivity index (χ4v) is 2.38. The van der Waals surface area contributed by atoms with Gasteiger partial charge in [-0.25, -0.2) is 4.79 Å². The smallest absolute Gasteiger partial charge is 0.319 e.